The Morgan fingerprint density at radius 1 is 1.03 bits per heavy atom. The molecule has 0 radical (unpaired) electrons. The fraction of sp³-hybridized carbons (Fsp3) is 0.0833. The molecule has 0 N–H and O–H groups in total. The van der Waals surface area contributed by atoms with Crippen LogP contribution in [0.1, 0.15) is 5.69 Å². The van der Waals surface area contributed by atoms with E-state index in [1.54, 1.807) is 42.5 Å². The van der Waals surface area contributed by atoms with Crippen molar-refractivity contribution in [3.05, 3.63) is 95.4 Å². The number of hydrogen-bond donors (Lipinski definition) is 0. The largest absolute Gasteiger partial charge is 0.497 e. The fourth-order valence-electron chi connectivity index (χ4n) is 3.30. The van der Waals surface area contributed by atoms with Crippen molar-refractivity contribution in [1.29, 1.82) is 0 Å². The molecule has 3 aromatic heterocycles. The van der Waals surface area contributed by atoms with Crippen molar-refractivity contribution in [2.45, 2.75) is 10.9 Å². The Kier molecular flexibility index (Phi) is 5.43. The number of aromatic nitrogens is 4. The molecule has 0 aliphatic rings. The van der Waals surface area contributed by atoms with Gasteiger partial charge in [-0.1, -0.05) is 23.9 Å². The van der Waals surface area contributed by atoms with E-state index in [1.165, 1.54) is 11.8 Å². The lowest BCUT2D eigenvalue weighted by molar-refractivity contribution is 0.415. The number of thioether (sulfide) groups is 1. The van der Waals surface area contributed by atoms with E-state index < -0.39 is 0 Å². The summed E-state index contributed by atoms with van der Waals surface area (Å²) in [7, 11) is 1.63. The van der Waals surface area contributed by atoms with Gasteiger partial charge in [0.15, 0.2) is 5.16 Å². The Balaban J connectivity index is 1.47. The molecule has 3 heterocycles. The van der Waals surface area contributed by atoms with E-state index in [0.717, 1.165) is 17.0 Å². The highest BCUT2D eigenvalue weighted by molar-refractivity contribution is 7.98. The minimum Gasteiger partial charge on any atom is -0.497 e. The molecule has 7 nitrogen and oxygen atoms in total. The highest BCUT2D eigenvalue weighted by Gasteiger charge is 2.15. The highest BCUT2D eigenvalue weighted by atomic mass is 32.2. The van der Waals surface area contributed by atoms with Crippen molar-refractivity contribution in [2.24, 2.45) is 0 Å². The molecule has 8 heteroatoms. The number of para-hydroxylation sites is 1. The van der Waals surface area contributed by atoms with Crippen molar-refractivity contribution in [3.8, 4) is 22.9 Å². The van der Waals surface area contributed by atoms with Gasteiger partial charge in [0, 0.05) is 17.5 Å². The topological polar surface area (TPSA) is 83.0 Å². The smallest absolute Gasteiger partial charge is 0.266 e. The van der Waals surface area contributed by atoms with Crippen molar-refractivity contribution < 1.29 is 9.15 Å². The van der Waals surface area contributed by atoms with Gasteiger partial charge in [0.05, 0.1) is 35.6 Å². The molecular weight excluding hydrogens is 424 g/mol. The minimum absolute atomic E-state index is 0.134. The summed E-state index contributed by atoms with van der Waals surface area (Å²) in [6.07, 6.45) is 4.95. The summed E-state index contributed by atoms with van der Waals surface area (Å²) in [5.41, 5.74) is 2.79. The van der Waals surface area contributed by atoms with Crippen LogP contribution in [0.15, 0.2) is 93.7 Å². The van der Waals surface area contributed by atoms with E-state index in [9.17, 15) is 4.79 Å². The predicted molar refractivity (Wildman–Crippen MR) is 123 cm³/mol. The molecule has 2 aromatic carbocycles. The van der Waals surface area contributed by atoms with Crippen LogP contribution in [-0.2, 0) is 5.75 Å². The van der Waals surface area contributed by atoms with Gasteiger partial charge in [-0.15, -0.1) is 0 Å². The van der Waals surface area contributed by atoms with E-state index in [4.69, 9.17) is 14.1 Å². The van der Waals surface area contributed by atoms with Gasteiger partial charge in [-0.05, 0) is 48.5 Å². The number of ether oxygens (including phenoxy) is 1. The SMILES string of the molecule is COc1ccc(-c2nc(CSc3nc4ccccc4c(=O)n3-c3cccnc3)co2)cc1. The molecule has 0 saturated carbocycles. The monoisotopic (exact) mass is 442 g/mol. The van der Waals surface area contributed by atoms with Gasteiger partial charge >= 0.3 is 0 Å². The number of nitrogens with zero attached hydrogens (tertiary/aromatic N) is 4. The molecule has 0 amide bonds. The maximum atomic E-state index is 13.2. The third kappa shape index (κ3) is 3.88. The quantitative estimate of drug-likeness (QED) is 0.277. The Hall–Kier alpha value is -3.91. The minimum atomic E-state index is -0.134. The van der Waals surface area contributed by atoms with E-state index in [1.807, 2.05) is 48.5 Å². The molecule has 5 aromatic rings. The summed E-state index contributed by atoms with van der Waals surface area (Å²) in [5.74, 6) is 1.79. The molecule has 0 spiro atoms. The summed E-state index contributed by atoms with van der Waals surface area (Å²) in [4.78, 5) is 26.7. The normalized spacial score (nSPS) is 11.0. The van der Waals surface area contributed by atoms with Crippen LogP contribution >= 0.6 is 11.8 Å². The van der Waals surface area contributed by atoms with Crippen LogP contribution in [0.4, 0.5) is 0 Å². The van der Waals surface area contributed by atoms with Crippen molar-refractivity contribution >= 4 is 22.7 Å². The summed E-state index contributed by atoms with van der Waals surface area (Å²) < 4.78 is 12.4. The van der Waals surface area contributed by atoms with E-state index >= 15 is 0 Å². The van der Waals surface area contributed by atoms with Gasteiger partial charge in [-0.2, -0.15) is 0 Å². The molecule has 0 saturated heterocycles. The first-order valence-corrected chi connectivity index (χ1v) is 10.9. The fourth-order valence-corrected chi connectivity index (χ4v) is 4.19. The van der Waals surface area contributed by atoms with Crippen LogP contribution in [0.5, 0.6) is 5.75 Å². The molecule has 0 aliphatic heterocycles. The average molecular weight is 443 g/mol. The molecule has 158 valence electrons. The number of hydrogen-bond acceptors (Lipinski definition) is 7. The Labute approximate surface area is 187 Å². The lowest BCUT2D eigenvalue weighted by Crippen LogP contribution is -2.21. The van der Waals surface area contributed by atoms with Crippen LogP contribution in [0.25, 0.3) is 28.0 Å². The van der Waals surface area contributed by atoms with Crippen LogP contribution < -0.4 is 10.3 Å². The molecule has 0 atom stereocenters. The van der Waals surface area contributed by atoms with Crippen molar-refractivity contribution in [2.75, 3.05) is 7.11 Å². The average Bonchev–Trinajstić information content (AvgIpc) is 3.32. The number of benzene rings is 2. The lowest BCUT2D eigenvalue weighted by atomic mass is 10.2. The Morgan fingerprint density at radius 2 is 1.88 bits per heavy atom. The maximum Gasteiger partial charge on any atom is 0.266 e. The molecule has 0 bridgehead atoms. The summed E-state index contributed by atoms with van der Waals surface area (Å²) in [5, 5.41) is 1.12. The second kappa shape index (κ2) is 8.68. The number of fused-ring (bicyclic) bond motifs is 1. The summed E-state index contributed by atoms with van der Waals surface area (Å²) in [6.45, 7) is 0. The van der Waals surface area contributed by atoms with Crippen LogP contribution in [-0.4, -0.2) is 26.6 Å². The van der Waals surface area contributed by atoms with Crippen LogP contribution in [0.3, 0.4) is 0 Å². The second-order valence-electron chi connectivity index (χ2n) is 6.92. The zero-order valence-corrected chi connectivity index (χ0v) is 18.0. The first-order valence-electron chi connectivity index (χ1n) is 9.87. The predicted octanol–water partition coefficient (Wildman–Crippen LogP) is 4.74. The molecule has 32 heavy (non-hydrogen) atoms. The van der Waals surface area contributed by atoms with Gasteiger partial charge in [0.2, 0.25) is 5.89 Å². The lowest BCUT2D eigenvalue weighted by Gasteiger charge is -2.12. The number of rotatable bonds is 6. The second-order valence-corrected chi connectivity index (χ2v) is 7.87. The van der Waals surface area contributed by atoms with E-state index in [0.29, 0.717) is 33.4 Å². The molecule has 0 aliphatic carbocycles. The van der Waals surface area contributed by atoms with Crippen LogP contribution in [0, 0.1) is 0 Å². The maximum absolute atomic E-state index is 13.2. The standard InChI is InChI=1S/C24H18N4O3S/c1-30-19-10-8-16(9-11-19)22-26-17(14-31-22)15-32-24-27-21-7-3-2-6-20(21)23(29)28(24)18-5-4-12-25-13-18/h2-14H,15H2,1H3. The van der Waals surface area contributed by atoms with Gasteiger partial charge in [-0.3, -0.25) is 14.3 Å². The summed E-state index contributed by atoms with van der Waals surface area (Å²) >= 11 is 1.42. The molecule has 0 unspecified atom stereocenters. The number of oxazole rings is 1. The van der Waals surface area contributed by atoms with E-state index in [-0.39, 0.29) is 5.56 Å². The zero-order valence-electron chi connectivity index (χ0n) is 17.1. The van der Waals surface area contributed by atoms with Gasteiger partial charge in [0.25, 0.3) is 5.56 Å². The first kappa shape index (κ1) is 20.0. The summed E-state index contributed by atoms with van der Waals surface area (Å²) in [6, 6.07) is 18.5. The van der Waals surface area contributed by atoms with Gasteiger partial charge in [0.1, 0.15) is 12.0 Å². The van der Waals surface area contributed by atoms with Gasteiger partial charge in [-0.25, -0.2) is 9.97 Å². The third-order valence-electron chi connectivity index (χ3n) is 4.89. The van der Waals surface area contributed by atoms with Crippen molar-refractivity contribution in [3.63, 3.8) is 0 Å². The Morgan fingerprint density at radius 3 is 2.66 bits per heavy atom. The highest BCUT2D eigenvalue weighted by Crippen LogP contribution is 2.27. The Bertz CT molecular complexity index is 1430. The number of pyridine rings is 1. The first-order chi connectivity index (χ1) is 15.7. The molecule has 0 fully saturated rings. The molecule has 5 rings (SSSR count). The number of methoxy groups -OCH3 is 1. The van der Waals surface area contributed by atoms with E-state index in [2.05, 4.69) is 9.97 Å². The van der Waals surface area contributed by atoms with Crippen molar-refractivity contribution in [1.82, 2.24) is 19.5 Å². The third-order valence-corrected chi connectivity index (χ3v) is 5.86. The molecular formula is C24H18N4O3S. The van der Waals surface area contributed by atoms with Crippen LogP contribution in [0.2, 0.25) is 0 Å². The van der Waals surface area contributed by atoms with Gasteiger partial charge < -0.3 is 9.15 Å². The zero-order chi connectivity index (χ0) is 21.9.